The van der Waals surface area contributed by atoms with Crippen LogP contribution in [0.15, 0.2) is 53.7 Å². The molecule has 126 valence electrons. The highest BCUT2D eigenvalue weighted by Gasteiger charge is 2.20. The Morgan fingerprint density at radius 2 is 1.96 bits per heavy atom. The molecule has 0 fully saturated rings. The molecule has 2 aromatic heterocycles. The minimum atomic E-state index is -0.457. The van der Waals surface area contributed by atoms with Gasteiger partial charge < -0.3 is 5.32 Å². The van der Waals surface area contributed by atoms with Crippen molar-refractivity contribution in [3.8, 4) is 0 Å². The lowest BCUT2D eigenvalue weighted by Gasteiger charge is -2.11. The summed E-state index contributed by atoms with van der Waals surface area (Å²) in [6.45, 7) is 1.76. The van der Waals surface area contributed by atoms with Crippen LogP contribution in [0.4, 0.5) is 10.1 Å². The number of hydrogen-bond donors (Lipinski definition) is 1. The van der Waals surface area contributed by atoms with Gasteiger partial charge in [-0.1, -0.05) is 47.4 Å². The zero-order valence-corrected chi connectivity index (χ0v) is 14.8. The molecule has 2 aromatic carbocycles. The van der Waals surface area contributed by atoms with E-state index < -0.39 is 11.1 Å². The highest BCUT2D eigenvalue weighted by molar-refractivity contribution is 8.00. The number of carbonyl (C=O) groups excluding carboxylic acids is 1. The molecule has 0 bridgehead atoms. The first-order chi connectivity index (χ1) is 12.1. The van der Waals surface area contributed by atoms with Gasteiger partial charge in [0.1, 0.15) is 5.82 Å². The lowest BCUT2D eigenvalue weighted by Crippen LogP contribution is -2.23. The van der Waals surface area contributed by atoms with E-state index in [1.165, 1.54) is 23.9 Å². The normalized spacial score (nSPS) is 12.6. The Bertz CT molecular complexity index is 1070. The number of hydrogen-bond acceptors (Lipinski definition) is 5. The second-order valence-corrected chi connectivity index (χ2v) is 7.72. The highest BCUT2D eigenvalue weighted by atomic mass is 32.2. The van der Waals surface area contributed by atoms with E-state index in [0.29, 0.717) is 5.16 Å². The number of aromatic nitrogens is 3. The molecule has 0 aliphatic rings. The summed E-state index contributed by atoms with van der Waals surface area (Å²) < 4.78 is 16.7. The van der Waals surface area contributed by atoms with Crippen LogP contribution in [0.2, 0.25) is 0 Å². The van der Waals surface area contributed by atoms with Gasteiger partial charge in [0.05, 0.1) is 21.2 Å². The molecule has 0 saturated carbocycles. The molecule has 4 rings (SSSR count). The van der Waals surface area contributed by atoms with Crippen LogP contribution in [-0.4, -0.2) is 25.8 Å². The number of fused-ring (bicyclic) bond motifs is 3. The smallest absolute Gasteiger partial charge is 0.237 e. The molecule has 1 N–H and O–H groups in total. The monoisotopic (exact) mass is 372 g/mol. The van der Waals surface area contributed by atoms with E-state index in [9.17, 15) is 9.18 Å². The fraction of sp³-hybridized carbons (Fsp3) is 0.118. The zero-order chi connectivity index (χ0) is 17.4. The van der Waals surface area contributed by atoms with Crippen molar-refractivity contribution in [1.29, 1.82) is 0 Å². The Hall–Kier alpha value is -2.45. The number of benzene rings is 2. The van der Waals surface area contributed by atoms with Crippen LogP contribution in [-0.2, 0) is 4.79 Å². The van der Waals surface area contributed by atoms with Crippen molar-refractivity contribution in [3.05, 3.63) is 54.3 Å². The van der Waals surface area contributed by atoms with Crippen molar-refractivity contribution in [3.63, 3.8) is 0 Å². The van der Waals surface area contributed by atoms with Crippen molar-refractivity contribution in [1.82, 2.24) is 14.6 Å². The molecule has 1 atom stereocenters. The molecule has 8 heteroatoms. The topological polar surface area (TPSA) is 59.3 Å². The molecular weight excluding hydrogens is 359 g/mol. The Morgan fingerprint density at radius 3 is 2.80 bits per heavy atom. The number of para-hydroxylation sites is 2. The summed E-state index contributed by atoms with van der Waals surface area (Å²) in [7, 11) is 0. The minimum Gasteiger partial charge on any atom is -0.323 e. The number of thiazole rings is 1. The molecule has 0 aliphatic heterocycles. The first-order valence-electron chi connectivity index (χ1n) is 7.58. The summed E-state index contributed by atoms with van der Waals surface area (Å²) >= 11 is 2.84. The maximum absolute atomic E-state index is 13.7. The third-order valence-corrected chi connectivity index (χ3v) is 5.75. The number of nitrogens with one attached hydrogen (secondary N) is 1. The molecule has 5 nitrogen and oxygen atoms in total. The quantitative estimate of drug-likeness (QED) is 0.546. The standard InChI is InChI=1S/C17H13FN4OS2/c1-10(15(23)19-12-7-3-2-6-11(12)18)24-16-20-21-17-22(16)13-8-4-5-9-14(13)25-17/h2-10H,1H3,(H,19,23). The molecule has 2 heterocycles. The van der Waals surface area contributed by atoms with E-state index in [0.717, 1.165) is 15.2 Å². The van der Waals surface area contributed by atoms with Gasteiger partial charge in [-0.15, -0.1) is 10.2 Å². The summed E-state index contributed by atoms with van der Waals surface area (Å²) in [4.78, 5) is 13.2. The third kappa shape index (κ3) is 2.98. The fourth-order valence-electron chi connectivity index (χ4n) is 2.44. The van der Waals surface area contributed by atoms with Gasteiger partial charge in [-0.3, -0.25) is 9.20 Å². The molecular formula is C17H13FN4OS2. The average Bonchev–Trinajstić information content (AvgIpc) is 3.16. The maximum atomic E-state index is 13.7. The molecule has 1 amide bonds. The van der Waals surface area contributed by atoms with Crippen LogP contribution in [0.25, 0.3) is 15.2 Å². The van der Waals surface area contributed by atoms with Crippen LogP contribution in [0, 0.1) is 5.82 Å². The van der Waals surface area contributed by atoms with Crippen LogP contribution < -0.4 is 5.32 Å². The molecule has 25 heavy (non-hydrogen) atoms. The van der Waals surface area contributed by atoms with Gasteiger partial charge in [-0.05, 0) is 31.2 Å². The number of amides is 1. The van der Waals surface area contributed by atoms with Gasteiger partial charge in [-0.2, -0.15) is 0 Å². The highest BCUT2D eigenvalue weighted by Crippen LogP contribution is 2.31. The summed E-state index contributed by atoms with van der Waals surface area (Å²) in [6, 6.07) is 14.1. The van der Waals surface area contributed by atoms with Crippen LogP contribution in [0.1, 0.15) is 6.92 Å². The van der Waals surface area contributed by atoms with Gasteiger partial charge in [-0.25, -0.2) is 4.39 Å². The van der Waals surface area contributed by atoms with Crippen molar-refractivity contribution in [2.45, 2.75) is 17.3 Å². The van der Waals surface area contributed by atoms with E-state index in [4.69, 9.17) is 0 Å². The minimum absolute atomic E-state index is 0.173. The van der Waals surface area contributed by atoms with Crippen molar-refractivity contribution in [2.75, 3.05) is 5.32 Å². The number of nitrogens with zero attached hydrogens (tertiary/aromatic N) is 3. The fourth-order valence-corrected chi connectivity index (χ4v) is 4.32. The van der Waals surface area contributed by atoms with E-state index in [-0.39, 0.29) is 11.6 Å². The van der Waals surface area contributed by atoms with Crippen molar-refractivity contribution >= 4 is 49.9 Å². The molecule has 0 spiro atoms. The van der Waals surface area contributed by atoms with E-state index in [1.807, 2.05) is 28.7 Å². The largest absolute Gasteiger partial charge is 0.323 e. The third-order valence-electron chi connectivity index (χ3n) is 3.69. The maximum Gasteiger partial charge on any atom is 0.237 e. The summed E-state index contributed by atoms with van der Waals surface area (Å²) in [6.07, 6.45) is 0. The molecule has 1 unspecified atom stereocenters. The van der Waals surface area contributed by atoms with Gasteiger partial charge in [0.2, 0.25) is 10.9 Å². The van der Waals surface area contributed by atoms with Crippen molar-refractivity contribution < 1.29 is 9.18 Å². The second-order valence-electron chi connectivity index (χ2n) is 5.40. The second kappa shape index (κ2) is 6.45. The van der Waals surface area contributed by atoms with E-state index in [1.54, 1.807) is 30.4 Å². The predicted molar refractivity (Wildman–Crippen MR) is 98.7 cm³/mol. The number of thioether (sulfide) groups is 1. The summed E-state index contributed by atoms with van der Waals surface area (Å²) in [5.74, 6) is -0.742. The number of rotatable bonds is 4. The average molecular weight is 372 g/mol. The number of halogens is 1. The predicted octanol–water partition coefficient (Wildman–Crippen LogP) is 4.20. The lowest BCUT2D eigenvalue weighted by atomic mass is 10.3. The van der Waals surface area contributed by atoms with Gasteiger partial charge in [0.15, 0.2) is 5.16 Å². The number of carbonyl (C=O) groups is 1. The van der Waals surface area contributed by atoms with E-state index >= 15 is 0 Å². The van der Waals surface area contributed by atoms with Gasteiger partial charge >= 0.3 is 0 Å². The Kier molecular flexibility index (Phi) is 4.14. The molecule has 4 aromatic rings. The molecule has 0 saturated heterocycles. The molecule has 0 aliphatic carbocycles. The lowest BCUT2D eigenvalue weighted by molar-refractivity contribution is -0.115. The first-order valence-corrected chi connectivity index (χ1v) is 9.28. The van der Waals surface area contributed by atoms with Crippen LogP contribution >= 0.6 is 23.1 Å². The van der Waals surface area contributed by atoms with Gasteiger partial charge in [0.25, 0.3) is 0 Å². The first kappa shape index (κ1) is 16.0. The summed E-state index contributed by atoms with van der Waals surface area (Å²) in [5, 5.41) is 11.2. The Morgan fingerprint density at radius 1 is 1.20 bits per heavy atom. The van der Waals surface area contributed by atoms with Gasteiger partial charge in [0, 0.05) is 0 Å². The zero-order valence-electron chi connectivity index (χ0n) is 13.1. The Balaban J connectivity index is 1.58. The summed E-state index contributed by atoms with van der Waals surface area (Å²) in [5.41, 5.74) is 1.18. The van der Waals surface area contributed by atoms with Crippen LogP contribution in [0.5, 0.6) is 0 Å². The molecule has 0 radical (unpaired) electrons. The number of anilines is 1. The van der Waals surface area contributed by atoms with Crippen LogP contribution in [0.3, 0.4) is 0 Å². The van der Waals surface area contributed by atoms with E-state index in [2.05, 4.69) is 15.5 Å². The Labute approximate surface area is 150 Å². The van der Waals surface area contributed by atoms with Crippen molar-refractivity contribution in [2.24, 2.45) is 0 Å². The SMILES string of the molecule is CC(Sc1nnc2sc3ccccc3n12)C(=O)Nc1ccccc1F.